The fourth-order valence-electron chi connectivity index (χ4n) is 4.86. The van der Waals surface area contributed by atoms with E-state index in [4.69, 9.17) is 12.2 Å². The normalized spacial score (nSPS) is 20.8. The van der Waals surface area contributed by atoms with Gasteiger partial charge in [0.05, 0.1) is 17.8 Å². The molecule has 0 spiro atoms. The first kappa shape index (κ1) is 20.1. The summed E-state index contributed by atoms with van der Waals surface area (Å²) in [6, 6.07) is 17.8. The summed E-state index contributed by atoms with van der Waals surface area (Å²) in [5.41, 5.74) is 7.28. The standard InChI is InChI=1S/C25H29N5S/c1-16-15-21(17(2)29(16)19-12-13-19)24-23(22-7-5-6-14-26-22)27-25(31)30(24)20-10-8-18(9-11-20)28(3)4/h5-11,14-15,19,23-24H,12-13H2,1-4H3,(H,27,31)/t23-,24-/m0/s1. The average molecular weight is 432 g/mol. The molecule has 0 bridgehead atoms. The van der Waals surface area contributed by atoms with E-state index in [1.165, 1.54) is 35.5 Å². The number of rotatable bonds is 5. The minimum atomic E-state index is -0.00428. The molecule has 1 saturated carbocycles. The highest BCUT2D eigenvalue weighted by molar-refractivity contribution is 7.80. The van der Waals surface area contributed by atoms with Gasteiger partial charge in [-0.2, -0.15) is 0 Å². The monoisotopic (exact) mass is 431 g/mol. The Bertz CT molecular complexity index is 1100. The largest absolute Gasteiger partial charge is 0.378 e. The minimum Gasteiger partial charge on any atom is -0.378 e. The Kier molecular flexibility index (Phi) is 4.97. The fraction of sp³-hybridized carbons (Fsp3) is 0.360. The summed E-state index contributed by atoms with van der Waals surface area (Å²) in [5.74, 6) is 0. The summed E-state index contributed by atoms with van der Waals surface area (Å²) >= 11 is 5.88. The highest BCUT2D eigenvalue weighted by Crippen LogP contribution is 2.46. The van der Waals surface area contributed by atoms with E-state index in [2.05, 4.69) is 89.0 Å². The van der Waals surface area contributed by atoms with Crippen molar-refractivity contribution in [2.24, 2.45) is 0 Å². The maximum absolute atomic E-state index is 5.88. The van der Waals surface area contributed by atoms with Crippen molar-refractivity contribution >= 4 is 28.7 Å². The van der Waals surface area contributed by atoms with Crippen LogP contribution in [0.5, 0.6) is 0 Å². The van der Waals surface area contributed by atoms with E-state index in [1.807, 2.05) is 18.3 Å². The zero-order valence-electron chi connectivity index (χ0n) is 18.5. The average Bonchev–Trinajstić information content (AvgIpc) is 3.48. The number of anilines is 2. The lowest BCUT2D eigenvalue weighted by Crippen LogP contribution is -2.29. The molecule has 2 fully saturated rings. The van der Waals surface area contributed by atoms with Crippen LogP contribution in [0.2, 0.25) is 0 Å². The molecule has 0 amide bonds. The summed E-state index contributed by atoms with van der Waals surface area (Å²) in [6.45, 7) is 4.48. The molecule has 5 rings (SSSR count). The molecular weight excluding hydrogens is 402 g/mol. The number of benzene rings is 1. The molecule has 0 unspecified atom stereocenters. The third kappa shape index (κ3) is 3.49. The van der Waals surface area contributed by atoms with Crippen LogP contribution in [0.25, 0.3) is 0 Å². The second kappa shape index (κ2) is 7.68. The Balaban J connectivity index is 1.62. The molecule has 3 aromatic rings. The van der Waals surface area contributed by atoms with Crippen molar-refractivity contribution in [1.29, 1.82) is 0 Å². The van der Waals surface area contributed by atoms with Crippen LogP contribution in [0.3, 0.4) is 0 Å². The van der Waals surface area contributed by atoms with E-state index in [1.54, 1.807) is 0 Å². The van der Waals surface area contributed by atoms with Gasteiger partial charge in [0.2, 0.25) is 0 Å². The lowest BCUT2D eigenvalue weighted by atomic mass is 9.96. The smallest absolute Gasteiger partial charge is 0.174 e. The van der Waals surface area contributed by atoms with Crippen molar-refractivity contribution in [3.63, 3.8) is 0 Å². The van der Waals surface area contributed by atoms with E-state index < -0.39 is 0 Å². The van der Waals surface area contributed by atoms with Gasteiger partial charge < -0.3 is 19.7 Å². The Labute approximate surface area is 189 Å². The number of thiocarbonyl (C=S) groups is 1. The van der Waals surface area contributed by atoms with Crippen molar-refractivity contribution in [2.45, 2.75) is 44.8 Å². The molecule has 1 N–H and O–H groups in total. The van der Waals surface area contributed by atoms with Crippen LogP contribution in [0.4, 0.5) is 11.4 Å². The number of hydrogen-bond acceptors (Lipinski definition) is 3. The van der Waals surface area contributed by atoms with Crippen LogP contribution in [0.15, 0.2) is 54.7 Å². The zero-order chi connectivity index (χ0) is 21.7. The molecule has 31 heavy (non-hydrogen) atoms. The summed E-state index contributed by atoms with van der Waals surface area (Å²) in [5, 5.41) is 4.33. The van der Waals surface area contributed by atoms with Crippen LogP contribution in [-0.2, 0) is 0 Å². The molecule has 6 heteroatoms. The molecule has 0 radical (unpaired) electrons. The van der Waals surface area contributed by atoms with Gasteiger partial charge in [-0.1, -0.05) is 6.07 Å². The molecule has 1 aliphatic carbocycles. The van der Waals surface area contributed by atoms with E-state index in [9.17, 15) is 0 Å². The molecule has 160 valence electrons. The first-order chi connectivity index (χ1) is 15.0. The third-order valence-corrected chi connectivity index (χ3v) is 6.81. The molecule has 2 aliphatic rings. The van der Waals surface area contributed by atoms with Gasteiger partial charge in [0, 0.05) is 49.1 Å². The van der Waals surface area contributed by atoms with Gasteiger partial charge in [-0.05, 0) is 86.9 Å². The van der Waals surface area contributed by atoms with E-state index in [0.29, 0.717) is 6.04 Å². The Hall–Kier alpha value is -2.86. The SMILES string of the molecule is Cc1cc([C@H]2[C@H](c3ccccn3)NC(=S)N2c2ccc(N(C)C)cc2)c(C)n1C1CC1. The molecule has 2 atom stereocenters. The number of nitrogens with one attached hydrogen (secondary N) is 1. The van der Waals surface area contributed by atoms with Crippen LogP contribution in [0.1, 0.15) is 53.6 Å². The molecule has 2 aromatic heterocycles. The van der Waals surface area contributed by atoms with Crippen LogP contribution in [-0.4, -0.2) is 28.8 Å². The van der Waals surface area contributed by atoms with Crippen molar-refractivity contribution in [3.05, 3.63) is 77.4 Å². The molecule has 3 heterocycles. The van der Waals surface area contributed by atoms with Gasteiger partial charge in [0.1, 0.15) is 0 Å². The number of hydrogen-bond donors (Lipinski definition) is 1. The first-order valence-electron chi connectivity index (χ1n) is 10.9. The van der Waals surface area contributed by atoms with Gasteiger partial charge in [-0.3, -0.25) is 4.98 Å². The summed E-state index contributed by atoms with van der Waals surface area (Å²) in [6.07, 6.45) is 4.41. The number of aryl methyl sites for hydroxylation is 1. The lowest BCUT2D eigenvalue weighted by molar-refractivity contribution is 0.562. The van der Waals surface area contributed by atoms with Crippen molar-refractivity contribution in [1.82, 2.24) is 14.9 Å². The number of pyridine rings is 1. The summed E-state index contributed by atoms with van der Waals surface area (Å²) in [4.78, 5) is 9.06. The van der Waals surface area contributed by atoms with E-state index >= 15 is 0 Å². The van der Waals surface area contributed by atoms with Gasteiger partial charge >= 0.3 is 0 Å². The van der Waals surface area contributed by atoms with Crippen LogP contribution < -0.4 is 15.1 Å². The topological polar surface area (TPSA) is 36.3 Å². The first-order valence-corrected chi connectivity index (χ1v) is 11.3. The number of nitrogens with zero attached hydrogens (tertiary/aromatic N) is 4. The maximum atomic E-state index is 5.88. The fourth-order valence-corrected chi connectivity index (χ4v) is 5.20. The quantitative estimate of drug-likeness (QED) is 0.570. The van der Waals surface area contributed by atoms with Crippen molar-refractivity contribution < 1.29 is 0 Å². The van der Waals surface area contributed by atoms with Crippen LogP contribution in [0, 0.1) is 13.8 Å². The lowest BCUT2D eigenvalue weighted by Gasteiger charge is -2.28. The van der Waals surface area contributed by atoms with Crippen molar-refractivity contribution in [2.75, 3.05) is 23.9 Å². The van der Waals surface area contributed by atoms with Gasteiger partial charge in [0.15, 0.2) is 5.11 Å². The Morgan fingerprint density at radius 1 is 1.06 bits per heavy atom. The molecule has 1 aromatic carbocycles. The number of aromatic nitrogens is 2. The van der Waals surface area contributed by atoms with Gasteiger partial charge in [0.25, 0.3) is 0 Å². The summed E-state index contributed by atoms with van der Waals surface area (Å²) < 4.78 is 2.51. The second-order valence-corrected chi connectivity index (χ2v) is 9.22. The highest BCUT2D eigenvalue weighted by atomic mass is 32.1. The predicted octanol–water partition coefficient (Wildman–Crippen LogP) is 5.08. The Morgan fingerprint density at radius 2 is 1.81 bits per heavy atom. The molecule has 1 saturated heterocycles. The van der Waals surface area contributed by atoms with Crippen LogP contribution >= 0.6 is 12.2 Å². The van der Waals surface area contributed by atoms with Gasteiger partial charge in [-0.15, -0.1) is 0 Å². The molecular formula is C25H29N5S. The zero-order valence-corrected chi connectivity index (χ0v) is 19.4. The molecule has 1 aliphatic heterocycles. The van der Waals surface area contributed by atoms with Crippen molar-refractivity contribution in [3.8, 4) is 0 Å². The highest BCUT2D eigenvalue weighted by Gasteiger charge is 2.42. The van der Waals surface area contributed by atoms with E-state index in [0.717, 1.165) is 16.5 Å². The maximum Gasteiger partial charge on any atom is 0.174 e. The second-order valence-electron chi connectivity index (χ2n) is 8.84. The van der Waals surface area contributed by atoms with E-state index in [-0.39, 0.29) is 12.1 Å². The predicted molar refractivity (Wildman–Crippen MR) is 131 cm³/mol. The summed E-state index contributed by atoms with van der Waals surface area (Å²) in [7, 11) is 4.12. The Morgan fingerprint density at radius 3 is 2.42 bits per heavy atom. The third-order valence-electron chi connectivity index (χ3n) is 6.50. The minimum absolute atomic E-state index is 0.00428. The van der Waals surface area contributed by atoms with Gasteiger partial charge in [-0.25, -0.2) is 0 Å². The molecule has 5 nitrogen and oxygen atoms in total.